The van der Waals surface area contributed by atoms with Crippen LogP contribution in [0.4, 0.5) is 0 Å². The van der Waals surface area contributed by atoms with Crippen LogP contribution >= 0.6 is 0 Å². The van der Waals surface area contributed by atoms with Crippen LogP contribution in [0.2, 0.25) is 0 Å². The first kappa shape index (κ1) is 22.1. The van der Waals surface area contributed by atoms with E-state index in [1.807, 2.05) is 6.92 Å². The van der Waals surface area contributed by atoms with Gasteiger partial charge in [-0.25, -0.2) is 0 Å². The Morgan fingerprint density at radius 1 is 1.14 bits per heavy atom. The molecule has 8 heteroatoms. The summed E-state index contributed by atoms with van der Waals surface area (Å²) in [7, 11) is 0. The molecule has 0 rings (SSSR count). The van der Waals surface area contributed by atoms with Crippen LogP contribution in [0.3, 0.4) is 0 Å². The van der Waals surface area contributed by atoms with Gasteiger partial charge in [-0.2, -0.15) is 0 Å². The highest BCUT2D eigenvalue weighted by Crippen LogP contribution is 1.97. The van der Waals surface area contributed by atoms with Crippen LogP contribution in [0.15, 0.2) is 0 Å². The molecule has 8 N–H and O–H groups in total. The molecule has 0 aromatic heterocycles. The van der Waals surface area contributed by atoms with Crippen molar-refractivity contribution in [3.63, 3.8) is 0 Å². The summed E-state index contributed by atoms with van der Waals surface area (Å²) >= 11 is 0. The van der Waals surface area contributed by atoms with Crippen molar-refractivity contribution in [3.05, 3.63) is 0 Å². The molecule has 8 nitrogen and oxygen atoms in total. The molecule has 0 saturated carbocycles. The summed E-state index contributed by atoms with van der Waals surface area (Å²) in [6, 6.07) is -1.31. The first-order valence-electron chi connectivity index (χ1n) is 7.16. The number of hydrogen-bond donors (Lipinski definition) is 6. The van der Waals surface area contributed by atoms with E-state index in [0.29, 0.717) is 19.5 Å². The standard InChI is InChI=1S/C7H15NO3.C6H14N2O2/c1-2-4-8-6(3-5-9)7(10)11;7-4-2-1-3-5(8)6(9)10/h6,8-9H,2-5H2,1H3,(H,10,11);5H,1-4,7-8H2,(H,9,10)/t6-;5-/m00/s1. The molecule has 0 aromatic carbocycles. The van der Waals surface area contributed by atoms with E-state index in [0.717, 1.165) is 19.3 Å². The second-order valence-electron chi connectivity index (χ2n) is 4.59. The number of unbranched alkanes of at least 4 members (excludes halogenated alkanes) is 1. The summed E-state index contributed by atoms with van der Waals surface area (Å²) in [5.41, 5.74) is 10.4. The van der Waals surface area contributed by atoms with E-state index in [1.54, 1.807) is 0 Å². The molecular weight excluding hydrogens is 278 g/mol. The number of rotatable bonds is 11. The molecule has 126 valence electrons. The number of nitrogens with two attached hydrogens (primary N) is 2. The van der Waals surface area contributed by atoms with Gasteiger partial charge in [0.2, 0.25) is 0 Å². The number of aliphatic carboxylic acids is 2. The first-order valence-corrected chi connectivity index (χ1v) is 7.16. The molecule has 0 unspecified atom stereocenters. The monoisotopic (exact) mass is 307 g/mol. The zero-order valence-electron chi connectivity index (χ0n) is 12.6. The first-order chi connectivity index (χ1) is 9.90. The maximum absolute atomic E-state index is 10.4. The summed E-state index contributed by atoms with van der Waals surface area (Å²) in [6.45, 7) is 3.15. The van der Waals surface area contributed by atoms with Crippen LogP contribution in [-0.2, 0) is 9.59 Å². The fourth-order valence-electron chi connectivity index (χ4n) is 1.39. The van der Waals surface area contributed by atoms with Gasteiger partial charge < -0.3 is 32.1 Å². The maximum Gasteiger partial charge on any atom is 0.320 e. The van der Waals surface area contributed by atoms with E-state index in [9.17, 15) is 9.59 Å². The van der Waals surface area contributed by atoms with Crippen LogP contribution in [0, 0.1) is 0 Å². The lowest BCUT2D eigenvalue weighted by atomic mass is 10.1. The number of aliphatic hydroxyl groups excluding tert-OH is 1. The van der Waals surface area contributed by atoms with E-state index in [2.05, 4.69) is 5.32 Å². The molecule has 0 aliphatic rings. The molecule has 0 heterocycles. The van der Waals surface area contributed by atoms with E-state index >= 15 is 0 Å². The SMILES string of the molecule is CCCN[C@@H](CCO)C(=O)O.NCCCC[C@H](N)C(=O)O. The van der Waals surface area contributed by atoms with Gasteiger partial charge >= 0.3 is 11.9 Å². The van der Waals surface area contributed by atoms with Crippen LogP contribution in [-0.4, -0.2) is 59.0 Å². The quantitative estimate of drug-likeness (QED) is 0.275. The van der Waals surface area contributed by atoms with Crippen molar-refractivity contribution < 1.29 is 24.9 Å². The molecule has 0 bridgehead atoms. The van der Waals surface area contributed by atoms with Gasteiger partial charge in [-0.15, -0.1) is 0 Å². The lowest BCUT2D eigenvalue weighted by molar-refractivity contribution is -0.140. The third-order valence-electron chi connectivity index (χ3n) is 2.64. The zero-order chi connectivity index (χ0) is 16.7. The molecular formula is C13H29N3O5. The van der Waals surface area contributed by atoms with Gasteiger partial charge in [-0.05, 0) is 38.8 Å². The predicted molar refractivity (Wildman–Crippen MR) is 79.9 cm³/mol. The number of nitrogens with one attached hydrogen (secondary N) is 1. The van der Waals surface area contributed by atoms with Gasteiger partial charge in [0.1, 0.15) is 12.1 Å². The number of carboxylic acid groups (broad SMARTS) is 2. The Hall–Kier alpha value is -1.22. The van der Waals surface area contributed by atoms with Crippen molar-refractivity contribution in [2.24, 2.45) is 11.5 Å². The molecule has 2 atom stereocenters. The average Bonchev–Trinajstić information content (AvgIpc) is 2.43. The van der Waals surface area contributed by atoms with E-state index in [4.69, 9.17) is 26.8 Å². The summed E-state index contributed by atoms with van der Waals surface area (Å²) in [6.07, 6.45) is 3.34. The van der Waals surface area contributed by atoms with Crippen molar-refractivity contribution in [2.45, 2.75) is 51.1 Å². The van der Waals surface area contributed by atoms with Gasteiger partial charge in [0.15, 0.2) is 0 Å². The van der Waals surface area contributed by atoms with Crippen LogP contribution in [0.5, 0.6) is 0 Å². The highest BCUT2D eigenvalue weighted by Gasteiger charge is 2.14. The molecule has 0 aliphatic heterocycles. The summed E-state index contributed by atoms with van der Waals surface area (Å²) in [5, 5.41) is 28.2. The van der Waals surface area contributed by atoms with Gasteiger partial charge in [-0.3, -0.25) is 9.59 Å². The molecule has 0 radical (unpaired) electrons. The summed E-state index contributed by atoms with van der Waals surface area (Å²) in [5.74, 6) is -1.83. The van der Waals surface area contributed by atoms with Gasteiger partial charge in [0.05, 0.1) is 0 Å². The minimum atomic E-state index is -0.933. The normalized spacial score (nSPS) is 13.0. The third kappa shape index (κ3) is 15.0. The largest absolute Gasteiger partial charge is 0.480 e. The fraction of sp³-hybridized carbons (Fsp3) is 0.846. The maximum atomic E-state index is 10.4. The molecule has 21 heavy (non-hydrogen) atoms. The lowest BCUT2D eigenvalue weighted by Crippen LogP contribution is -2.37. The molecule has 0 aromatic rings. The van der Waals surface area contributed by atoms with Crippen molar-refractivity contribution in [2.75, 3.05) is 19.7 Å². The third-order valence-corrected chi connectivity index (χ3v) is 2.64. The lowest BCUT2D eigenvalue weighted by Gasteiger charge is -2.11. The zero-order valence-corrected chi connectivity index (χ0v) is 12.6. The Kier molecular flexibility index (Phi) is 15.9. The summed E-state index contributed by atoms with van der Waals surface area (Å²) < 4.78 is 0. The molecule has 0 aliphatic carbocycles. The van der Waals surface area contributed by atoms with Gasteiger partial charge in [0, 0.05) is 6.61 Å². The van der Waals surface area contributed by atoms with E-state index < -0.39 is 24.0 Å². The van der Waals surface area contributed by atoms with Crippen LogP contribution in [0.1, 0.15) is 39.0 Å². The average molecular weight is 307 g/mol. The van der Waals surface area contributed by atoms with Gasteiger partial charge in [0.25, 0.3) is 0 Å². The minimum absolute atomic E-state index is 0.0896. The highest BCUT2D eigenvalue weighted by atomic mass is 16.4. The van der Waals surface area contributed by atoms with Crippen LogP contribution < -0.4 is 16.8 Å². The van der Waals surface area contributed by atoms with Crippen molar-refractivity contribution in [1.82, 2.24) is 5.32 Å². The Morgan fingerprint density at radius 2 is 1.76 bits per heavy atom. The minimum Gasteiger partial charge on any atom is -0.480 e. The predicted octanol–water partition coefficient (Wildman–Crippen LogP) is -0.651. The van der Waals surface area contributed by atoms with Crippen molar-refractivity contribution in [1.29, 1.82) is 0 Å². The van der Waals surface area contributed by atoms with Crippen molar-refractivity contribution >= 4 is 11.9 Å². The second-order valence-corrected chi connectivity index (χ2v) is 4.59. The molecule has 0 fully saturated rings. The Labute approximate surface area is 125 Å². The topological polar surface area (TPSA) is 159 Å². The summed E-state index contributed by atoms with van der Waals surface area (Å²) in [4.78, 5) is 20.6. The number of hydrogen-bond acceptors (Lipinski definition) is 6. The molecule has 0 spiro atoms. The molecule has 0 amide bonds. The van der Waals surface area contributed by atoms with Gasteiger partial charge in [-0.1, -0.05) is 13.3 Å². The fourth-order valence-corrected chi connectivity index (χ4v) is 1.39. The smallest absolute Gasteiger partial charge is 0.320 e. The van der Waals surface area contributed by atoms with Crippen molar-refractivity contribution in [3.8, 4) is 0 Å². The Bertz CT molecular complexity index is 277. The highest BCUT2D eigenvalue weighted by molar-refractivity contribution is 5.73. The number of carbonyl (C=O) groups is 2. The Balaban J connectivity index is 0. The number of aliphatic hydroxyl groups is 1. The van der Waals surface area contributed by atoms with E-state index in [-0.39, 0.29) is 13.0 Å². The number of carboxylic acids is 2. The van der Waals surface area contributed by atoms with E-state index in [1.165, 1.54) is 0 Å². The van der Waals surface area contributed by atoms with Crippen LogP contribution in [0.25, 0.3) is 0 Å². The molecule has 0 saturated heterocycles. The Morgan fingerprint density at radius 3 is 2.14 bits per heavy atom. The second kappa shape index (κ2) is 15.2.